The van der Waals surface area contributed by atoms with Crippen LogP contribution in [0.5, 0.6) is 5.75 Å². The van der Waals surface area contributed by atoms with E-state index in [4.69, 9.17) is 4.74 Å². The van der Waals surface area contributed by atoms with Crippen LogP contribution in [0.1, 0.15) is 28.8 Å². The molecule has 23 heavy (non-hydrogen) atoms. The first-order chi connectivity index (χ1) is 11.2. The van der Waals surface area contributed by atoms with Crippen molar-refractivity contribution in [2.45, 2.75) is 25.4 Å². The first-order valence-electron chi connectivity index (χ1n) is 7.63. The molecular formula is C18H19IN2O2. The predicted octanol–water partition coefficient (Wildman–Crippen LogP) is 3.80. The number of methoxy groups -OCH3 is 1. The Morgan fingerprint density at radius 2 is 1.96 bits per heavy atom. The number of rotatable bonds is 6. The number of nitrogens with one attached hydrogen (secondary N) is 2. The van der Waals surface area contributed by atoms with E-state index in [1.807, 2.05) is 42.5 Å². The van der Waals surface area contributed by atoms with Crippen LogP contribution < -0.4 is 15.4 Å². The number of hydrogen-bond donors (Lipinski definition) is 2. The van der Waals surface area contributed by atoms with E-state index in [1.54, 1.807) is 7.11 Å². The Morgan fingerprint density at radius 1 is 1.22 bits per heavy atom. The highest BCUT2D eigenvalue weighted by Crippen LogP contribution is 2.26. The second kappa shape index (κ2) is 7.21. The number of anilines is 1. The summed E-state index contributed by atoms with van der Waals surface area (Å²) < 4.78 is 6.52. The fraction of sp³-hybridized carbons (Fsp3) is 0.278. The highest BCUT2D eigenvalue weighted by molar-refractivity contribution is 14.1. The smallest absolute Gasteiger partial charge is 0.251 e. The minimum Gasteiger partial charge on any atom is -0.495 e. The summed E-state index contributed by atoms with van der Waals surface area (Å²) in [5.41, 5.74) is 2.80. The van der Waals surface area contributed by atoms with Crippen LogP contribution in [0.3, 0.4) is 0 Å². The Labute approximate surface area is 149 Å². The molecule has 0 spiro atoms. The molecule has 4 nitrogen and oxygen atoms in total. The number of halogens is 1. The molecule has 2 aromatic carbocycles. The van der Waals surface area contributed by atoms with Gasteiger partial charge in [-0.05, 0) is 71.3 Å². The lowest BCUT2D eigenvalue weighted by atomic mass is 10.1. The van der Waals surface area contributed by atoms with Gasteiger partial charge < -0.3 is 15.4 Å². The number of carbonyl (C=O) groups is 1. The molecule has 3 rings (SSSR count). The molecule has 2 aromatic rings. The van der Waals surface area contributed by atoms with Gasteiger partial charge in [-0.2, -0.15) is 0 Å². The first kappa shape index (κ1) is 16.1. The molecule has 120 valence electrons. The molecule has 0 saturated heterocycles. The van der Waals surface area contributed by atoms with Gasteiger partial charge in [-0.25, -0.2) is 0 Å². The number of amides is 1. The summed E-state index contributed by atoms with van der Waals surface area (Å²) in [6.07, 6.45) is 2.21. The second-order valence-corrected chi connectivity index (χ2v) is 6.89. The highest BCUT2D eigenvalue weighted by atomic mass is 127. The number of carbonyl (C=O) groups excluding carboxylic acids is 1. The monoisotopic (exact) mass is 422 g/mol. The maximum absolute atomic E-state index is 12.0. The molecule has 1 fully saturated rings. The third-order valence-electron chi connectivity index (χ3n) is 3.78. The summed E-state index contributed by atoms with van der Waals surface area (Å²) in [5.74, 6) is 0.851. The molecule has 5 heteroatoms. The van der Waals surface area contributed by atoms with Crippen LogP contribution in [-0.4, -0.2) is 19.1 Å². The molecule has 0 aliphatic heterocycles. The minimum atomic E-state index is 0.0197. The number of ether oxygens (including phenoxy) is 1. The second-order valence-electron chi connectivity index (χ2n) is 5.64. The third-order valence-corrected chi connectivity index (χ3v) is 4.45. The topological polar surface area (TPSA) is 50.4 Å². The van der Waals surface area contributed by atoms with Gasteiger partial charge in [0.2, 0.25) is 0 Å². The summed E-state index contributed by atoms with van der Waals surface area (Å²) in [7, 11) is 1.67. The van der Waals surface area contributed by atoms with Crippen LogP contribution in [0, 0.1) is 3.57 Å². The van der Waals surface area contributed by atoms with E-state index in [2.05, 4.69) is 33.2 Å². The standard InChI is InChI=1S/C18H19IN2O2/c1-23-17-10-14(19)6-9-16(17)20-11-12-2-4-13(5-3-12)18(22)21-15-7-8-15/h2-6,9-10,15,20H,7-8,11H2,1H3,(H,21,22). The van der Waals surface area contributed by atoms with Crippen LogP contribution in [0.15, 0.2) is 42.5 Å². The zero-order chi connectivity index (χ0) is 16.2. The van der Waals surface area contributed by atoms with Gasteiger partial charge in [-0.3, -0.25) is 4.79 Å². The van der Waals surface area contributed by atoms with Crippen molar-refractivity contribution in [1.29, 1.82) is 0 Å². The van der Waals surface area contributed by atoms with Gasteiger partial charge in [0.05, 0.1) is 12.8 Å². The molecule has 1 aliphatic rings. The van der Waals surface area contributed by atoms with Gasteiger partial charge in [-0.1, -0.05) is 12.1 Å². The molecule has 1 aliphatic carbocycles. The van der Waals surface area contributed by atoms with E-state index in [0.29, 0.717) is 18.2 Å². The number of benzene rings is 2. The van der Waals surface area contributed by atoms with Crippen molar-refractivity contribution in [1.82, 2.24) is 5.32 Å². The summed E-state index contributed by atoms with van der Waals surface area (Å²) in [4.78, 5) is 12.0. The minimum absolute atomic E-state index is 0.0197. The first-order valence-corrected chi connectivity index (χ1v) is 8.71. The fourth-order valence-corrected chi connectivity index (χ4v) is 2.74. The molecule has 1 amide bonds. The van der Waals surface area contributed by atoms with Gasteiger partial charge >= 0.3 is 0 Å². The Hall–Kier alpha value is -1.76. The van der Waals surface area contributed by atoms with E-state index < -0.39 is 0 Å². The average Bonchev–Trinajstić information content (AvgIpc) is 3.38. The Morgan fingerprint density at radius 3 is 2.61 bits per heavy atom. The van der Waals surface area contributed by atoms with E-state index in [9.17, 15) is 4.79 Å². The van der Waals surface area contributed by atoms with Gasteiger partial charge in [-0.15, -0.1) is 0 Å². The fourth-order valence-electron chi connectivity index (χ4n) is 2.28. The lowest BCUT2D eigenvalue weighted by Gasteiger charge is -2.12. The largest absolute Gasteiger partial charge is 0.495 e. The van der Waals surface area contributed by atoms with Crippen molar-refractivity contribution in [3.05, 3.63) is 57.2 Å². The lowest BCUT2D eigenvalue weighted by Crippen LogP contribution is -2.25. The van der Waals surface area contributed by atoms with Gasteiger partial charge in [0.1, 0.15) is 5.75 Å². The van der Waals surface area contributed by atoms with Crippen molar-refractivity contribution in [2.24, 2.45) is 0 Å². The Balaban J connectivity index is 1.61. The summed E-state index contributed by atoms with van der Waals surface area (Å²) in [6, 6.07) is 14.1. The molecular weight excluding hydrogens is 403 g/mol. The van der Waals surface area contributed by atoms with Crippen LogP contribution in [0.4, 0.5) is 5.69 Å². The van der Waals surface area contributed by atoms with Crippen LogP contribution in [0.2, 0.25) is 0 Å². The van der Waals surface area contributed by atoms with E-state index in [0.717, 1.165) is 33.4 Å². The SMILES string of the molecule is COc1cc(I)ccc1NCc1ccc(C(=O)NC2CC2)cc1. The molecule has 0 unspecified atom stereocenters. The maximum Gasteiger partial charge on any atom is 0.251 e. The lowest BCUT2D eigenvalue weighted by molar-refractivity contribution is 0.0951. The normalized spacial score (nSPS) is 13.5. The molecule has 2 N–H and O–H groups in total. The van der Waals surface area contributed by atoms with E-state index in [-0.39, 0.29) is 5.91 Å². The van der Waals surface area contributed by atoms with Crippen LogP contribution in [-0.2, 0) is 6.54 Å². The van der Waals surface area contributed by atoms with Crippen molar-refractivity contribution in [3.8, 4) is 5.75 Å². The van der Waals surface area contributed by atoms with Crippen molar-refractivity contribution in [2.75, 3.05) is 12.4 Å². The maximum atomic E-state index is 12.0. The highest BCUT2D eigenvalue weighted by Gasteiger charge is 2.23. The van der Waals surface area contributed by atoms with E-state index in [1.165, 1.54) is 0 Å². The van der Waals surface area contributed by atoms with Gasteiger partial charge in [0.25, 0.3) is 5.91 Å². The van der Waals surface area contributed by atoms with Gasteiger partial charge in [0.15, 0.2) is 0 Å². The predicted molar refractivity (Wildman–Crippen MR) is 100.0 cm³/mol. The van der Waals surface area contributed by atoms with Crippen molar-refractivity contribution < 1.29 is 9.53 Å². The quantitative estimate of drug-likeness (QED) is 0.697. The van der Waals surface area contributed by atoms with Crippen LogP contribution >= 0.6 is 22.6 Å². The molecule has 0 radical (unpaired) electrons. The summed E-state index contributed by atoms with van der Waals surface area (Å²) in [6.45, 7) is 0.682. The summed E-state index contributed by atoms with van der Waals surface area (Å²) >= 11 is 2.26. The van der Waals surface area contributed by atoms with Crippen molar-refractivity contribution in [3.63, 3.8) is 0 Å². The zero-order valence-electron chi connectivity index (χ0n) is 12.9. The van der Waals surface area contributed by atoms with Crippen molar-refractivity contribution >= 4 is 34.2 Å². The average molecular weight is 422 g/mol. The Kier molecular flexibility index (Phi) is 5.05. The molecule has 1 saturated carbocycles. The third kappa shape index (κ3) is 4.37. The summed E-state index contributed by atoms with van der Waals surface area (Å²) in [5, 5.41) is 6.37. The van der Waals surface area contributed by atoms with Crippen LogP contribution in [0.25, 0.3) is 0 Å². The molecule has 0 aromatic heterocycles. The zero-order valence-corrected chi connectivity index (χ0v) is 15.1. The Bertz CT molecular complexity index is 697. The number of hydrogen-bond acceptors (Lipinski definition) is 3. The van der Waals surface area contributed by atoms with Gasteiger partial charge in [0, 0.05) is 21.7 Å². The van der Waals surface area contributed by atoms with E-state index >= 15 is 0 Å². The molecule has 0 heterocycles. The molecule has 0 bridgehead atoms. The molecule has 0 atom stereocenters.